The summed E-state index contributed by atoms with van der Waals surface area (Å²) >= 11 is 0. The zero-order valence-corrected chi connectivity index (χ0v) is 10.0. The van der Waals surface area contributed by atoms with Crippen LogP contribution in [0.5, 0.6) is 0 Å². The molecule has 0 spiro atoms. The van der Waals surface area contributed by atoms with Crippen molar-refractivity contribution in [1.82, 2.24) is 4.90 Å². The molecule has 1 saturated heterocycles. The molecule has 3 nitrogen and oxygen atoms in total. The van der Waals surface area contributed by atoms with Gasteiger partial charge in [-0.25, -0.2) is 8.78 Å². The monoisotopic (exact) mass is 254 g/mol. The lowest BCUT2D eigenvalue weighted by Crippen LogP contribution is -2.44. The maximum Gasteiger partial charge on any atom is 0.176 e. The number of carbonyl (C=O) groups is 1. The van der Waals surface area contributed by atoms with Crippen LogP contribution in [-0.4, -0.2) is 36.4 Å². The molecule has 0 saturated carbocycles. The lowest BCUT2D eigenvalue weighted by Gasteiger charge is -2.29. The summed E-state index contributed by atoms with van der Waals surface area (Å²) in [7, 11) is 0. The number of hydrogen-bond acceptors (Lipinski definition) is 3. The number of nitrogens with two attached hydrogens (primary N) is 1. The summed E-state index contributed by atoms with van der Waals surface area (Å²) in [5.41, 5.74) is 6.02. The van der Waals surface area contributed by atoms with Crippen molar-refractivity contribution in [1.29, 1.82) is 0 Å². The predicted molar refractivity (Wildman–Crippen MR) is 64.3 cm³/mol. The molecule has 98 valence electrons. The molecule has 0 amide bonds. The van der Waals surface area contributed by atoms with E-state index in [1.807, 2.05) is 4.90 Å². The minimum Gasteiger partial charge on any atom is -0.327 e. The molecular formula is C13H16F2N2O. The van der Waals surface area contributed by atoms with Gasteiger partial charge >= 0.3 is 0 Å². The Morgan fingerprint density at radius 3 is 2.83 bits per heavy atom. The molecule has 1 aliphatic rings. The molecule has 1 heterocycles. The van der Waals surface area contributed by atoms with Gasteiger partial charge in [-0.3, -0.25) is 9.69 Å². The van der Waals surface area contributed by atoms with Crippen molar-refractivity contribution in [2.75, 3.05) is 19.6 Å². The number of hydrogen-bond donors (Lipinski definition) is 1. The normalized spacial score (nSPS) is 20.9. The third kappa shape index (κ3) is 3.11. The molecule has 1 aliphatic heterocycles. The maximum absolute atomic E-state index is 13.0. The van der Waals surface area contributed by atoms with Crippen LogP contribution in [0.25, 0.3) is 0 Å². The zero-order chi connectivity index (χ0) is 13.1. The van der Waals surface area contributed by atoms with E-state index in [9.17, 15) is 13.6 Å². The first kappa shape index (κ1) is 13.1. The van der Waals surface area contributed by atoms with E-state index in [1.54, 1.807) is 0 Å². The maximum atomic E-state index is 13.0. The van der Waals surface area contributed by atoms with E-state index in [0.29, 0.717) is 6.54 Å². The Bertz CT molecular complexity index is 451. The number of likely N-dealkylation sites (tertiary alicyclic amines) is 1. The van der Waals surface area contributed by atoms with Gasteiger partial charge < -0.3 is 5.73 Å². The average Bonchev–Trinajstić information content (AvgIpc) is 2.32. The molecule has 1 aromatic rings. The average molecular weight is 254 g/mol. The summed E-state index contributed by atoms with van der Waals surface area (Å²) in [5, 5.41) is 0. The Morgan fingerprint density at radius 1 is 1.39 bits per heavy atom. The van der Waals surface area contributed by atoms with Gasteiger partial charge in [-0.1, -0.05) is 0 Å². The number of Topliss-reactive ketones (excluding diaryl/α,β-unsaturated/α-hetero) is 1. The highest BCUT2D eigenvalue weighted by Gasteiger charge is 2.20. The standard InChI is InChI=1S/C13H16F2N2O/c14-11-4-3-9(6-12(11)15)13(18)8-17-5-1-2-10(16)7-17/h3-4,6,10H,1-2,5,7-8,16H2. The molecule has 1 atom stereocenters. The van der Waals surface area contributed by atoms with Crippen LogP contribution in [0.1, 0.15) is 23.2 Å². The highest BCUT2D eigenvalue weighted by atomic mass is 19.2. The second kappa shape index (κ2) is 5.54. The van der Waals surface area contributed by atoms with Gasteiger partial charge in [0.15, 0.2) is 17.4 Å². The summed E-state index contributed by atoms with van der Waals surface area (Å²) in [6, 6.07) is 3.33. The Morgan fingerprint density at radius 2 is 2.17 bits per heavy atom. The van der Waals surface area contributed by atoms with Crippen molar-refractivity contribution in [3.63, 3.8) is 0 Å². The van der Waals surface area contributed by atoms with Crippen molar-refractivity contribution >= 4 is 5.78 Å². The largest absolute Gasteiger partial charge is 0.327 e. The molecule has 0 radical (unpaired) electrons. The molecule has 2 rings (SSSR count). The van der Waals surface area contributed by atoms with Gasteiger partial charge in [0.25, 0.3) is 0 Å². The number of rotatable bonds is 3. The second-order valence-corrected chi connectivity index (χ2v) is 4.69. The van der Waals surface area contributed by atoms with Crippen LogP contribution in [-0.2, 0) is 0 Å². The Hall–Kier alpha value is -1.33. The van der Waals surface area contributed by atoms with E-state index in [0.717, 1.165) is 31.5 Å². The quantitative estimate of drug-likeness (QED) is 0.833. The van der Waals surface area contributed by atoms with Crippen LogP contribution >= 0.6 is 0 Å². The van der Waals surface area contributed by atoms with Crippen molar-refractivity contribution in [3.8, 4) is 0 Å². The van der Waals surface area contributed by atoms with Crippen LogP contribution in [0.15, 0.2) is 18.2 Å². The summed E-state index contributed by atoms with van der Waals surface area (Å²) in [4.78, 5) is 13.9. The van der Waals surface area contributed by atoms with Crippen LogP contribution < -0.4 is 5.73 Å². The van der Waals surface area contributed by atoms with E-state index in [2.05, 4.69) is 0 Å². The van der Waals surface area contributed by atoms with Crippen molar-refractivity contribution in [2.45, 2.75) is 18.9 Å². The lowest BCUT2D eigenvalue weighted by molar-refractivity contribution is 0.0907. The van der Waals surface area contributed by atoms with Crippen molar-refractivity contribution in [2.24, 2.45) is 5.73 Å². The Kier molecular flexibility index (Phi) is 4.04. The van der Waals surface area contributed by atoms with Crippen LogP contribution in [0.3, 0.4) is 0 Å². The van der Waals surface area contributed by atoms with E-state index in [-0.39, 0.29) is 23.9 Å². The van der Waals surface area contributed by atoms with Gasteiger partial charge in [0.05, 0.1) is 6.54 Å². The van der Waals surface area contributed by atoms with Crippen LogP contribution in [0.2, 0.25) is 0 Å². The lowest BCUT2D eigenvalue weighted by atomic mass is 10.0. The summed E-state index contributed by atoms with van der Waals surface area (Å²) in [6.07, 6.45) is 1.93. The molecule has 1 fully saturated rings. The number of benzene rings is 1. The van der Waals surface area contributed by atoms with Gasteiger partial charge in [0.1, 0.15) is 0 Å². The first-order valence-corrected chi connectivity index (χ1v) is 6.02. The predicted octanol–water partition coefficient (Wildman–Crippen LogP) is 1.57. The van der Waals surface area contributed by atoms with E-state index in [4.69, 9.17) is 5.73 Å². The molecule has 0 aromatic heterocycles. The summed E-state index contributed by atoms with van der Waals surface area (Å²) < 4.78 is 25.8. The highest BCUT2D eigenvalue weighted by molar-refractivity contribution is 5.97. The van der Waals surface area contributed by atoms with Crippen LogP contribution in [0.4, 0.5) is 8.78 Å². The number of carbonyl (C=O) groups excluding carboxylic acids is 1. The summed E-state index contributed by atoms with van der Waals surface area (Å²) in [6.45, 7) is 1.71. The van der Waals surface area contributed by atoms with Gasteiger partial charge in [0.2, 0.25) is 0 Å². The Labute approximate surface area is 105 Å². The molecule has 1 unspecified atom stereocenters. The Balaban J connectivity index is 2.00. The van der Waals surface area contributed by atoms with Crippen molar-refractivity contribution < 1.29 is 13.6 Å². The molecule has 0 aliphatic carbocycles. The highest BCUT2D eigenvalue weighted by Crippen LogP contribution is 2.12. The van der Waals surface area contributed by atoms with Crippen molar-refractivity contribution in [3.05, 3.63) is 35.4 Å². The second-order valence-electron chi connectivity index (χ2n) is 4.69. The smallest absolute Gasteiger partial charge is 0.176 e. The van der Waals surface area contributed by atoms with Crippen LogP contribution in [0, 0.1) is 11.6 Å². The van der Waals surface area contributed by atoms with E-state index in [1.165, 1.54) is 6.07 Å². The fourth-order valence-electron chi connectivity index (χ4n) is 2.20. The first-order valence-electron chi connectivity index (χ1n) is 6.02. The van der Waals surface area contributed by atoms with Gasteiger partial charge in [-0.15, -0.1) is 0 Å². The van der Waals surface area contributed by atoms with E-state index >= 15 is 0 Å². The SMILES string of the molecule is NC1CCCN(CC(=O)c2ccc(F)c(F)c2)C1. The molecular weight excluding hydrogens is 238 g/mol. The number of nitrogens with zero attached hydrogens (tertiary/aromatic N) is 1. The third-order valence-corrected chi connectivity index (χ3v) is 3.15. The minimum absolute atomic E-state index is 0.0940. The minimum atomic E-state index is -0.990. The molecule has 2 N–H and O–H groups in total. The number of ketones is 1. The van der Waals surface area contributed by atoms with Gasteiger partial charge in [0, 0.05) is 18.2 Å². The first-order chi connectivity index (χ1) is 8.56. The fourth-order valence-corrected chi connectivity index (χ4v) is 2.20. The zero-order valence-electron chi connectivity index (χ0n) is 10.0. The third-order valence-electron chi connectivity index (χ3n) is 3.15. The molecule has 5 heteroatoms. The molecule has 1 aromatic carbocycles. The molecule has 0 bridgehead atoms. The number of halogens is 2. The molecule has 18 heavy (non-hydrogen) atoms. The van der Waals surface area contributed by atoms with E-state index < -0.39 is 11.6 Å². The fraction of sp³-hybridized carbons (Fsp3) is 0.462. The van der Waals surface area contributed by atoms with Gasteiger partial charge in [-0.2, -0.15) is 0 Å². The van der Waals surface area contributed by atoms with Gasteiger partial charge in [-0.05, 0) is 37.6 Å². The summed E-state index contributed by atoms with van der Waals surface area (Å²) in [5.74, 6) is -2.13. The number of piperidine rings is 1. The topological polar surface area (TPSA) is 46.3 Å².